The van der Waals surface area contributed by atoms with E-state index in [4.69, 9.17) is 5.11 Å². The van der Waals surface area contributed by atoms with Gasteiger partial charge in [0.25, 0.3) is 0 Å². The van der Waals surface area contributed by atoms with Gasteiger partial charge in [-0.25, -0.2) is 0 Å². The van der Waals surface area contributed by atoms with Crippen molar-refractivity contribution < 1.29 is 5.11 Å². The number of hydrogen-bond donors (Lipinski definition) is 1. The average Bonchev–Trinajstić information content (AvgIpc) is 2.44. The molecule has 0 aliphatic heterocycles. The van der Waals surface area contributed by atoms with Crippen molar-refractivity contribution in [3.05, 3.63) is 35.5 Å². The molecule has 2 nitrogen and oxygen atoms in total. The summed E-state index contributed by atoms with van der Waals surface area (Å²) >= 11 is 0. The topological polar surface area (TPSA) is 25.2 Å². The molecule has 0 spiro atoms. The Morgan fingerprint density at radius 3 is 2.85 bits per heavy atom. The number of aryl methyl sites for hydroxylation is 2. The summed E-state index contributed by atoms with van der Waals surface area (Å²) in [6.45, 7) is 2.20. The van der Waals surface area contributed by atoms with Crippen molar-refractivity contribution in [1.29, 1.82) is 0 Å². The first-order chi connectivity index (χ1) is 6.24. The fourth-order valence-electron chi connectivity index (χ4n) is 1.88. The maximum absolute atomic E-state index is 9.13. The molecule has 2 heteroatoms. The van der Waals surface area contributed by atoms with Gasteiger partial charge in [0.15, 0.2) is 0 Å². The van der Waals surface area contributed by atoms with Crippen LogP contribution in [0.5, 0.6) is 0 Å². The monoisotopic (exact) mass is 175 g/mol. The lowest BCUT2D eigenvalue weighted by molar-refractivity contribution is 0.283. The second kappa shape index (κ2) is 2.89. The lowest BCUT2D eigenvalue weighted by Gasteiger charge is -1.99. The lowest BCUT2D eigenvalue weighted by Crippen LogP contribution is -1.86. The highest BCUT2D eigenvalue weighted by atomic mass is 16.3. The number of aliphatic hydroxyl groups is 1. The third-order valence-corrected chi connectivity index (χ3v) is 2.46. The summed E-state index contributed by atoms with van der Waals surface area (Å²) in [7, 11) is 2.01. The molecule has 0 radical (unpaired) electrons. The molecule has 2 rings (SSSR count). The van der Waals surface area contributed by atoms with Crippen molar-refractivity contribution in [1.82, 2.24) is 4.57 Å². The highest BCUT2D eigenvalue weighted by Crippen LogP contribution is 2.23. The highest BCUT2D eigenvalue weighted by molar-refractivity contribution is 5.86. The maximum Gasteiger partial charge on any atom is 0.0702 e. The fraction of sp³-hybridized carbons (Fsp3) is 0.273. The Bertz CT molecular complexity index is 443. The van der Waals surface area contributed by atoms with E-state index in [0.29, 0.717) is 0 Å². The van der Waals surface area contributed by atoms with E-state index in [0.717, 1.165) is 10.9 Å². The van der Waals surface area contributed by atoms with Gasteiger partial charge in [-0.15, -0.1) is 0 Å². The molecule has 13 heavy (non-hydrogen) atoms. The van der Waals surface area contributed by atoms with Gasteiger partial charge >= 0.3 is 0 Å². The number of aromatic nitrogens is 1. The van der Waals surface area contributed by atoms with E-state index < -0.39 is 0 Å². The van der Waals surface area contributed by atoms with Crippen LogP contribution in [-0.4, -0.2) is 9.67 Å². The van der Waals surface area contributed by atoms with E-state index in [1.54, 1.807) is 0 Å². The van der Waals surface area contributed by atoms with E-state index in [2.05, 4.69) is 17.6 Å². The number of nitrogens with zero attached hydrogens (tertiary/aromatic N) is 1. The minimum Gasteiger partial charge on any atom is -0.392 e. The molecule has 0 fully saturated rings. The second-order valence-electron chi connectivity index (χ2n) is 3.39. The van der Waals surface area contributed by atoms with Crippen LogP contribution in [0.15, 0.2) is 24.4 Å². The molecule has 1 aromatic heterocycles. The first-order valence-electron chi connectivity index (χ1n) is 4.38. The Hall–Kier alpha value is -1.28. The van der Waals surface area contributed by atoms with Crippen LogP contribution < -0.4 is 0 Å². The predicted octanol–water partition coefficient (Wildman–Crippen LogP) is 1.98. The Balaban J connectivity index is 2.87. The van der Waals surface area contributed by atoms with Gasteiger partial charge in [-0.1, -0.05) is 18.2 Å². The van der Waals surface area contributed by atoms with Gasteiger partial charge in [-0.3, -0.25) is 0 Å². The zero-order chi connectivity index (χ0) is 9.42. The van der Waals surface area contributed by atoms with Crippen molar-refractivity contribution >= 4 is 10.9 Å². The maximum atomic E-state index is 9.13. The highest BCUT2D eigenvalue weighted by Gasteiger charge is 2.06. The van der Waals surface area contributed by atoms with Gasteiger partial charge in [-0.2, -0.15) is 0 Å². The third-order valence-electron chi connectivity index (χ3n) is 2.46. The number of hydrogen-bond acceptors (Lipinski definition) is 1. The van der Waals surface area contributed by atoms with E-state index >= 15 is 0 Å². The van der Waals surface area contributed by atoms with Gasteiger partial charge in [0.05, 0.1) is 12.1 Å². The predicted molar refractivity (Wildman–Crippen MR) is 53.6 cm³/mol. The molecular weight excluding hydrogens is 162 g/mol. The molecule has 0 aliphatic carbocycles. The Morgan fingerprint density at radius 1 is 1.38 bits per heavy atom. The second-order valence-corrected chi connectivity index (χ2v) is 3.39. The quantitative estimate of drug-likeness (QED) is 0.704. The van der Waals surface area contributed by atoms with E-state index in [9.17, 15) is 0 Å². The van der Waals surface area contributed by atoms with Crippen molar-refractivity contribution in [2.45, 2.75) is 13.5 Å². The van der Waals surface area contributed by atoms with Gasteiger partial charge in [-0.05, 0) is 12.5 Å². The summed E-state index contributed by atoms with van der Waals surface area (Å²) < 4.78 is 2.07. The molecule has 1 N–H and O–H groups in total. The van der Waals surface area contributed by atoms with Crippen molar-refractivity contribution in [3.63, 3.8) is 0 Å². The summed E-state index contributed by atoms with van der Waals surface area (Å²) in [6, 6.07) is 6.16. The zero-order valence-electron chi connectivity index (χ0n) is 7.91. The molecule has 2 aromatic rings. The van der Waals surface area contributed by atoms with Crippen LogP contribution in [0.4, 0.5) is 0 Å². The van der Waals surface area contributed by atoms with Gasteiger partial charge < -0.3 is 9.67 Å². The molecular formula is C11H13NO. The SMILES string of the molecule is Cc1cccc2c(CO)cn(C)c12. The number of fused-ring (bicyclic) bond motifs is 1. The molecule has 68 valence electrons. The standard InChI is InChI=1S/C11H13NO/c1-8-4-3-5-10-9(7-13)6-12(2)11(8)10/h3-6,13H,7H2,1-2H3. The molecule has 0 bridgehead atoms. The van der Waals surface area contributed by atoms with Gasteiger partial charge in [0, 0.05) is 24.2 Å². The van der Waals surface area contributed by atoms with Gasteiger partial charge in [0.1, 0.15) is 0 Å². The summed E-state index contributed by atoms with van der Waals surface area (Å²) in [5.74, 6) is 0. The first-order valence-corrected chi connectivity index (χ1v) is 4.38. The van der Waals surface area contributed by atoms with Crippen LogP contribution in [0.1, 0.15) is 11.1 Å². The molecule has 0 saturated carbocycles. The number of para-hydroxylation sites is 1. The number of benzene rings is 1. The average molecular weight is 175 g/mol. The van der Waals surface area contributed by atoms with E-state index in [1.807, 2.05) is 25.4 Å². The smallest absolute Gasteiger partial charge is 0.0702 e. The molecule has 0 amide bonds. The Labute approximate surface area is 77.4 Å². The Kier molecular flexibility index (Phi) is 1.85. The van der Waals surface area contributed by atoms with Crippen LogP contribution in [-0.2, 0) is 13.7 Å². The molecule has 1 aromatic carbocycles. The Morgan fingerprint density at radius 2 is 2.15 bits per heavy atom. The van der Waals surface area contributed by atoms with E-state index in [1.165, 1.54) is 11.1 Å². The molecule has 0 saturated heterocycles. The normalized spacial score (nSPS) is 11.0. The van der Waals surface area contributed by atoms with Crippen LogP contribution in [0.2, 0.25) is 0 Å². The molecule has 1 heterocycles. The van der Waals surface area contributed by atoms with Crippen LogP contribution in [0.3, 0.4) is 0 Å². The zero-order valence-corrected chi connectivity index (χ0v) is 7.91. The third kappa shape index (κ3) is 1.14. The molecule has 0 aliphatic rings. The van der Waals surface area contributed by atoms with Gasteiger partial charge in [0.2, 0.25) is 0 Å². The lowest BCUT2D eigenvalue weighted by atomic mass is 10.1. The van der Waals surface area contributed by atoms with Crippen molar-refractivity contribution in [2.75, 3.05) is 0 Å². The summed E-state index contributed by atoms with van der Waals surface area (Å²) in [6.07, 6.45) is 1.98. The summed E-state index contributed by atoms with van der Waals surface area (Å²) in [4.78, 5) is 0. The van der Waals surface area contributed by atoms with E-state index in [-0.39, 0.29) is 6.61 Å². The van der Waals surface area contributed by atoms with Crippen molar-refractivity contribution in [3.8, 4) is 0 Å². The summed E-state index contributed by atoms with van der Waals surface area (Å²) in [5, 5.41) is 10.3. The minimum atomic E-state index is 0.112. The largest absolute Gasteiger partial charge is 0.392 e. The minimum absolute atomic E-state index is 0.112. The number of rotatable bonds is 1. The summed E-state index contributed by atoms with van der Waals surface area (Å²) in [5.41, 5.74) is 3.47. The van der Waals surface area contributed by atoms with Crippen LogP contribution in [0, 0.1) is 6.92 Å². The van der Waals surface area contributed by atoms with Crippen LogP contribution in [0.25, 0.3) is 10.9 Å². The van der Waals surface area contributed by atoms with Crippen molar-refractivity contribution in [2.24, 2.45) is 7.05 Å². The van der Waals surface area contributed by atoms with Crippen LogP contribution >= 0.6 is 0 Å². The fourth-order valence-corrected chi connectivity index (χ4v) is 1.88. The first kappa shape index (κ1) is 8.32. The number of aliphatic hydroxyl groups excluding tert-OH is 1. The molecule has 0 unspecified atom stereocenters. The molecule has 0 atom stereocenters.